The van der Waals surface area contributed by atoms with E-state index in [1.807, 2.05) is 6.07 Å². The zero-order chi connectivity index (χ0) is 13.4. The summed E-state index contributed by atoms with van der Waals surface area (Å²) >= 11 is 5.23. The van der Waals surface area contributed by atoms with Crippen LogP contribution < -0.4 is 0 Å². The van der Waals surface area contributed by atoms with E-state index in [2.05, 4.69) is 9.97 Å². The Morgan fingerprint density at radius 1 is 1.37 bits per heavy atom. The predicted octanol–water partition coefficient (Wildman–Crippen LogP) is 3.09. The summed E-state index contributed by atoms with van der Waals surface area (Å²) in [6.45, 7) is 0. The molecule has 0 atom stereocenters. The van der Waals surface area contributed by atoms with Crippen molar-refractivity contribution in [1.29, 1.82) is 5.26 Å². The minimum Gasteiger partial charge on any atom is -0.329 e. The largest absolute Gasteiger partial charge is 0.329 e. The fourth-order valence-corrected chi connectivity index (χ4v) is 2.31. The zero-order valence-electron chi connectivity index (χ0n) is 9.59. The van der Waals surface area contributed by atoms with Crippen LogP contribution in [0.1, 0.15) is 5.56 Å². The molecule has 0 unspecified atom stereocenters. The van der Waals surface area contributed by atoms with Crippen LogP contribution in [0.25, 0.3) is 16.7 Å². The van der Waals surface area contributed by atoms with E-state index >= 15 is 0 Å². The van der Waals surface area contributed by atoms with E-state index in [0.29, 0.717) is 10.5 Å². The molecule has 0 bridgehead atoms. The Morgan fingerprint density at radius 3 is 3.00 bits per heavy atom. The molecule has 92 valence electrons. The van der Waals surface area contributed by atoms with Gasteiger partial charge in [0, 0.05) is 6.20 Å². The molecule has 2 aromatic heterocycles. The molecule has 0 spiro atoms. The molecule has 3 aromatic rings. The summed E-state index contributed by atoms with van der Waals surface area (Å²) in [6.07, 6.45) is 3.25. The molecule has 0 saturated heterocycles. The average Bonchev–Trinajstić information content (AvgIpc) is 2.74. The summed E-state index contributed by atoms with van der Waals surface area (Å²) in [5, 5.41) is 9.10. The fraction of sp³-hybridized carbons (Fsp3) is 0. The van der Waals surface area contributed by atoms with Crippen molar-refractivity contribution in [3.8, 4) is 11.8 Å². The molecule has 3 rings (SSSR count). The van der Waals surface area contributed by atoms with Crippen LogP contribution in [0.15, 0.2) is 36.7 Å². The number of hydrogen-bond acceptors (Lipinski definition) is 3. The van der Waals surface area contributed by atoms with Crippen LogP contribution in [0.4, 0.5) is 4.39 Å². The molecule has 2 heterocycles. The van der Waals surface area contributed by atoms with Crippen LogP contribution in [0, 0.1) is 21.9 Å². The smallest absolute Gasteiger partial charge is 0.182 e. The number of pyridine rings is 1. The number of nitrogens with one attached hydrogen (secondary N) is 1. The van der Waals surface area contributed by atoms with Crippen LogP contribution in [0.3, 0.4) is 0 Å². The number of rotatable bonds is 1. The van der Waals surface area contributed by atoms with Gasteiger partial charge in [-0.15, -0.1) is 0 Å². The summed E-state index contributed by atoms with van der Waals surface area (Å²) in [4.78, 5) is 6.97. The van der Waals surface area contributed by atoms with E-state index in [4.69, 9.17) is 17.5 Å². The Hall–Kier alpha value is -2.52. The van der Waals surface area contributed by atoms with Gasteiger partial charge in [-0.05, 0) is 30.4 Å². The van der Waals surface area contributed by atoms with E-state index in [1.165, 1.54) is 6.07 Å². The van der Waals surface area contributed by atoms with Crippen molar-refractivity contribution in [2.45, 2.75) is 0 Å². The van der Waals surface area contributed by atoms with Crippen molar-refractivity contribution in [1.82, 2.24) is 14.5 Å². The van der Waals surface area contributed by atoms with Crippen LogP contribution >= 0.6 is 12.2 Å². The van der Waals surface area contributed by atoms with Crippen LogP contribution in [-0.2, 0) is 0 Å². The summed E-state index contributed by atoms with van der Waals surface area (Å²) < 4.78 is 15.7. The Labute approximate surface area is 112 Å². The first-order valence-electron chi connectivity index (χ1n) is 5.46. The predicted molar refractivity (Wildman–Crippen MR) is 70.9 cm³/mol. The summed E-state index contributed by atoms with van der Waals surface area (Å²) in [7, 11) is 0. The number of imidazole rings is 1. The highest BCUT2D eigenvalue weighted by atomic mass is 32.1. The number of aromatic nitrogens is 3. The monoisotopic (exact) mass is 270 g/mol. The summed E-state index contributed by atoms with van der Waals surface area (Å²) in [5.74, 6) is -0.565. The van der Waals surface area contributed by atoms with Gasteiger partial charge in [0.1, 0.15) is 17.4 Å². The van der Waals surface area contributed by atoms with Gasteiger partial charge in [-0.1, -0.05) is 6.07 Å². The number of aromatic amines is 1. The lowest BCUT2D eigenvalue weighted by molar-refractivity contribution is 0.622. The topological polar surface area (TPSA) is 57.4 Å². The highest BCUT2D eigenvalue weighted by molar-refractivity contribution is 7.71. The third kappa shape index (κ3) is 1.72. The van der Waals surface area contributed by atoms with Gasteiger partial charge in [-0.3, -0.25) is 9.55 Å². The lowest BCUT2D eigenvalue weighted by atomic mass is 10.2. The Balaban J connectivity index is 2.44. The number of benzene rings is 1. The first-order valence-corrected chi connectivity index (χ1v) is 5.87. The molecule has 0 amide bonds. The minimum atomic E-state index is -0.565. The zero-order valence-corrected chi connectivity index (χ0v) is 10.4. The first kappa shape index (κ1) is 11.6. The molecule has 0 radical (unpaired) electrons. The molecule has 19 heavy (non-hydrogen) atoms. The first-order chi connectivity index (χ1) is 9.22. The van der Waals surface area contributed by atoms with E-state index in [0.717, 1.165) is 11.0 Å². The summed E-state index contributed by atoms with van der Waals surface area (Å²) in [6, 6.07) is 8.09. The van der Waals surface area contributed by atoms with Crippen molar-refractivity contribution in [2.75, 3.05) is 0 Å². The van der Waals surface area contributed by atoms with Crippen molar-refractivity contribution in [3.63, 3.8) is 0 Å². The van der Waals surface area contributed by atoms with E-state index < -0.39 is 5.82 Å². The van der Waals surface area contributed by atoms with Gasteiger partial charge in [0.05, 0.1) is 22.9 Å². The second-order valence-corrected chi connectivity index (χ2v) is 4.29. The van der Waals surface area contributed by atoms with Gasteiger partial charge in [-0.25, -0.2) is 4.39 Å². The minimum absolute atomic E-state index is 0.0312. The van der Waals surface area contributed by atoms with Gasteiger partial charge >= 0.3 is 0 Å². The molecule has 0 aliphatic carbocycles. The maximum absolute atomic E-state index is 13.7. The molecule has 6 heteroatoms. The molecule has 1 N–H and O–H groups in total. The van der Waals surface area contributed by atoms with Gasteiger partial charge < -0.3 is 4.98 Å². The maximum Gasteiger partial charge on any atom is 0.182 e. The van der Waals surface area contributed by atoms with Gasteiger partial charge in [0.25, 0.3) is 0 Å². The number of nitrogens with zero attached hydrogens (tertiary/aromatic N) is 3. The standard InChI is InChI=1S/C13H7FN4S/c14-9-2-1-3-11(8(9)6-15)18-12-4-5-16-7-10(12)17-13(18)19/h1-5,7H,(H,17,19). The normalized spacial score (nSPS) is 10.5. The SMILES string of the molecule is N#Cc1c(F)cccc1-n1c(=S)[nH]c2cnccc21. The fourth-order valence-electron chi connectivity index (χ4n) is 2.01. The van der Waals surface area contributed by atoms with Crippen molar-refractivity contribution in [2.24, 2.45) is 0 Å². The molecule has 0 saturated carbocycles. The second kappa shape index (κ2) is 4.30. The Kier molecular flexibility index (Phi) is 2.62. The highest BCUT2D eigenvalue weighted by Crippen LogP contribution is 2.22. The van der Waals surface area contributed by atoms with Crippen LogP contribution in [0.2, 0.25) is 0 Å². The van der Waals surface area contributed by atoms with Crippen molar-refractivity contribution >= 4 is 23.3 Å². The Bertz CT molecular complexity index is 872. The van der Waals surface area contributed by atoms with Gasteiger partial charge in [-0.2, -0.15) is 5.26 Å². The number of halogens is 1. The van der Waals surface area contributed by atoms with Gasteiger partial charge in [0.15, 0.2) is 4.77 Å². The van der Waals surface area contributed by atoms with E-state index in [9.17, 15) is 4.39 Å². The van der Waals surface area contributed by atoms with Gasteiger partial charge in [0.2, 0.25) is 0 Å². The average molecular weight is 270 g/mol. The number of fused-ring (bicyclic) bond motifs is 1. The van der Waals surface area contributed by atoms with Crippen molar-refractivity contribution < 1.29 is 4.39 Å². The summed E-state index contributed by atoms with van der Waals surface area (Å²) in [5.41, 5.74) is 1.88. The molecule has 1 aromatic carbocycles. The highest BCUT2D eigenvalue weighted by Gasteiger charge is 2.13. The quantitative estimate of drug-likeness (QED) is 0.691. The number of H-pyrrole nitrogens is 1. The molecular weight excluding hydrogens is 263 g/mol. The third-order valence-corrected chi connectivity index (χ3v) is 3.11. The molecule has 0 aliphatic heterocycles. The maximum atomic E-state index is 13.7. The molecule has 0 aliphatic rings. The number of hydrogen-bond donors (Lipinski definition) is 1. The Morgan fingerprint density at radius 2 is 2.21 bits per heavy atom. The van der Waals surface area contributed by atoms with Crippen LogP contribution in [0.5, 0.6) is 0 Å². The third-order valence-electron chi connectivity index (χ3n) is 2.83. The molecular formula is C13H7FN4S. The molecule has 4 nitrogen and oxygen atoms in total. The lowest BCUT2D eigenvalue weighted by Crippen LogP contribution is -1.99. The van der Waals surface area contributed by atoms with Crippen LogP contribution in [-0.4, -0.2) is 14.5 Å². The van der Waals surface area contributed by atoms with E-state index in [-0.39, 0.29) is 5.56 Å². The lowest BCUT2D eigenvalue weighted by Gasteiger charge is -2.07. The van der Waals surface area contributed by atoms with Crippen molar-refractivity contribution in [3.05, 3.63) is 52.8 Å². The number of nitriles is 1. The van der Waals surface area contributed by atoms with E-state index in [1.54, 1.807) is 35.2 Å². The molecule has 0 fully saturated rings. The second-order valence-electron chi connectivity index (χ2n) is 3.90.